The van der Waals surface area contributed by atoms with Gasteiger partial charge in [-0.2, -0.15) is 0 Å². The first-order chi connectivity index (χ1) is 11.1. The number of nitrogens with zero attached hydrogens (tertiary/aromatic N) is 1. The molecule has 0 N–H and O–H groups in total. The van der Waals surface area contributed by atoms with E-state index in [0.29, 0.717) is 26.3 Å². The molecule has 6 heteroatoms. The molecule has 122 valence electrons. The second-order valence-electron chi connectivity index (χ2n) is 5.59. The number of furan rings is 1. The Morgan fingerprint density at radius 1 is 1.26 bits per heavy atom. The summed E-state index contributed by atoms with van der Waals surface area (Å²) in [6.45, 7) is 3.89. The molecule has 0 spiro atoms. The minimum absolute atomic E-state index is 0.0897. The number of esters is 1. The summed E-state index contributed by atoms with van der Waals surface area (Å²) in [7, 11) is 0. The Kier molecular flexibility index (Phi) is 4.62. The molecule has 1 amide bonds. The van der Waals surface area contributed by atoms with Gasteiger partial charge >= 0.3 is 5.97 Å². The molecular weight excluding hydrogens is 298 g/mol. The lowest BCUT2D eigenvalue weighted by Gasteiger charge is -2.26. The summed E-state index contributed by atoms with van der Waals surface area (Å²) < 4.78 is 15.7. The highest BCUT2D eigenvalue weighted by molar-refractivity contribution is 5.87. The van der Waals surface area contributed by atoms with Gasteiger partial charge in [0, 0.05) is 24.0 Å². The third kappa shape index (κ3) is 3.71. The monoisotopic (exact) mass is 317 g/mol. The molecule has 2 aromatic rings. The van der Waals surface area contributed by atoms with E-state index < -0.39 is 5.97 Å². The van der Waals surface area contributed by atoms with E-state index in [2.05, 4.69) is 0 Å². The number of hydrogen-bond acceptors (Lipinski definition) is 5. The third-order valence-electron chi connectivity index (χ3n) is 3.87. The fourth-order valence-electron chi connectivity index (χ4n) is 2.58. The predicted octanol–water partition coefficient (Wildman–Crippen LogP) is 1.69. The molecule has 0 saturated carbocycles. The lowest BCUT2D eigenvalue weighted by molar-refractivity contribution is -0.153. The van der Waals surface area contributed by atoms with Crippen LogP contribution in [0.2, 0.25) is 0 Å². The van der Waals surface area contributed by atoms with Gasteiger partial charge in [0.25, 0.3) is 5.91 Å². The van der Waals surface area contributed by atoms with Crippen molar-refractivity contribution in [2.45, 2.75) is 13.3 Å². The fourth-order valence-corrected chi connectivity index (χ4v) is 2.58. The topological polar surface area (TPSA) is 69.0 Å². The van der Waals surface area contributed by atoms with Crippen LogP contribution in [0.3, 0.4) is 0 Å². The van der Waals surface area contributed by atoms with Crippen molar-refractivity contribution in [2.75, 3.05) is 32.9 Å². The van der Waals surface area contributed by atoms with Crippen molar-refractivity contribution in [3.63, 3.8) is 0 Å². The first-order valence-electron chi connectivity index (χ1n) is 7.61. The van der Waals surface area contributed by atoms with Gasteiger partial charge in [0.05, 0.1) is 25.9 Å². The van der Waals surface area contributed by atoms with Gasteiger partial charge in [0.15, 0.2) is 6.61 Å². The van der Waals surface area contributed by atoms with Crippen molar-refractivity contribution in [1.82, 2.24) is 4.90 Å². The highest BCUT2D eigenvalue weighted by Gasteiger charge is 2.19. The summed E-state index contributed by atoms with van der Waals surface area (Å²) >= 11 is 0. The normalized spacial score (nSPS) is 14.9. The maximum atomic E-state index is 11.9. The van der Waals surface area contributed by atoms with Crippen LogP contribution in [0.4, 0.5) is 0 Å². The molecule has 6 nitrogen and oxygen atoms in total. The molecule has 1 saturated heterocycles. The molecule has 1 aromatic heterocycles. The van der Waals surface area contributed by atoms with Crippen LogP contribution in [-0.2, 0) is 25.5 Å². The number of benzene rings is 1. The molecule has 2 heterocycles. The molecule has 0 bridgehead atoms. The van der Waals surface area contributed by atoms with Crippen LogP contribution in [0, 0.1) is 6.92 Å². The predicted molar refractivity (Wildman–Crippen MR) is 83.0 cm³/mol. The van der Waals surface area contributed by atoms with Crippen molar-refractivity contribution in [3.8, 4) is 0 Å². The summed E-state index contributed by atoms with van der Waals surface area (Å²) in [5.74, 6) is -0.621. The molecule has 0 aliphatic carbocycles. The average Bonchev–Trinajstić information content (AvgIpc) is 2.95. The third-order valence-corrected chi connectivity index (χ3v) is 3.87. The number of ether oxygens (including phenoxy) is 2. The van der Waals surface area contributed by atoms with Crippen molar-refractivity contribution in [1.29, 1.82) is 0 Å². The zero-order valence-corrected chi connectivity index (χ0v) is 13.0. The van der Waals surface area contributed by atoms with Gasteiger partial charge in [-0.1, -0.05) is 12.1 Å². The van der Waals surface area contributed by atoms with E-state index in [0.717, 1.165) is 22.1 Å². The fraction of sp³-hybridized carbons (Fsp3) is 0.412. The summed E-state index contributed by atoms with van der Waals surface area (Å²) in [5, 5.41) is 0.895. The first-order valence-corrected chi connectivity index (χ1v) is 7.61. The molecule has 1 aromatic carbocycles. The molecule has 1 fully saturated rings. The van der Waals surface area contributed by atoms with E-state index in [1.165, 1.54) is 0 Å². The lowest BCUT2D eigenvalue weighted by Crippen LogP contribution is -2.42. The Morgan fingerprint density at radius 3 is 2.83 bits per heavy atom. The molecule has 3 rings (SSSR count). The number of carbonyl (C=O) groups excluding carboxylic acids is 2. The quantitative estimate of drug-likeness (QED) is 0.803. The smallest absolute Gasteiger partial charge is 0.310 e. The maximum Gasteiger partial charge on any atom is 0.310 e. The number of amides is 1. The maximum absolute atomic E-state index is 11.9. The minimum Gasteiger partial charge on any atom is -0.464 e. The van der Waals surface area contributed by atoms with Crippen LogP contribution in [0.25, 0.3) is 11.0 Å². The van der Waals surface area contributed by atoms with Crippen molar-refractivity contribution in [2.24, 2.45) is 0 Å². The Morgan fingerprint density at radius 2 is 2.04 bits per heavy atom. The second kappa shape index (κ2) is 6.83. The SMILES string of the molecule is Cc1ccc2c(CC(=O)OCC(=O)N3CCOCC3)coc2c1. The van der Waals surface area contributed by atoms with E-state index in [-0.39, 0.29) is 18.9 Å². The Balaban J connectivity index is 1.55. The van der Waals surface area contributed by atoms with Gasteiger partial charge in [-0.25, -0.2) is 0 Å². The summed E-state index contributed by atoms with van der Waals surface area (Å²) in [6, 6.07) is 5.82. The number of hydrogen-bond donors (Lipinski definition) is 0. The zero-order valence-electron chi connectivity index (χ0n) is 13.0. The van der Waals surface area contributed by atoms with E-state index in [9.17, 15) is 9.59 Å². The average molecular weight is 317 g/mol. The van der Waals surface area contributed by atoms with Gasteiger partial charge < -0.3 is 18.8 Å². The van der Waals surface area contributed by atoms with Gasteiger partial charge in [-0.3, -0.25) is 9.59 Å². The lowest BCUT2D eigenvalue weighted by atomic mass is 10.1. The summed E-state index contributed by atoms with van der Waals surface area (Å²) in [6.07, 6.45) is 1.65. The Hall–Kier alpha value is -2.34. The standard InChI is InChI=1S/C17H19NO5/c1-12-2-3-14-13(10-22-15(14)8-12)9-17(20)23-11-16(19)18-4-6-21-7-5-18/h2-3,8,10H,4-7,9,11H2,1H3. The highest BCUT2D eigenvalue weighted by atomic mass is 16.5. The van der Waals surface area contributed by atoms with Crippen LogP contribution in [0.5, 0.6) is 0 Å². The number of rotatable bonds is 4. The summed E-state index contributed by atoms with van der Waals surface area (Å²) in [4.78, 5) is 25.5. The summed E-state index contributed by atoms with van der Waals surface area (Å²) in [5.41, 5.74) is 2.61. The number of morpholine rings is 1. The van der Waals surface area contributed by atoms with E-state index in [1.54, 1.807) is 11.2 Å². The number of fused-ring (bicyclic) bond motifs is 1. The number of carbonyl (C=O) groups is 2. The molecule has 0 atom stereocenters. The van der Waals surface area contributed by atoms with E-state index in [4.69, 9.17) is 13.9 Å². The minimum atomic E-state index is -0.435. The molecule has 1 aliphatic heterocycles. The highest BCUT2D eigenvalue weighted by Crippen LogP contribution is 2.22. The number of aryl methyl sites for hydroxylation is 1. The van der Waals surface area contributed by atoms with Crippen molar-refractivity contribution >= 4 is 22.8 Å². The molecule has 0 unspecified atom stereocenters. The van der Waals surface area contributed by atoms with Gasteiger partial charge in [0.2, 0.25) is 0 Å². The Bertz CT molecular complexity index is 715. The van der Waals surface area contributed by atoms with Gasteiger partial charge in [0.1, 0.15) is 5.58 Å². The van der Waals surface area contributed by atoms with Crippen molar-refractivity contribution < 1.29 is 23.5 Å². The van der Waals surface area contributed by atoms with Crippen LogP contribution in [-0.4, -0.2) is 49.7 Å². The van der Waals surface area contributed by atoms with E-state index in [1.807, 2.05) is 25.1 Å². The molecule has 23 heavy (non-hydrogen) atoms. The first kappa shape index (κ1) is 15.6. The largest absolute Gasteiger partial charge is 0.464 e. The molecular formula is C17H19NO5. The molecule has 0 radical (unpaired) electrons. The van der Waals surface area contributed by atoms with Crippen LogP contribution >= 0.6 is 0 Å². The zero-order chi connectivity index (χ0) is 16.2. The van der Waals surface area contributed by atoms with Crippen LogP contribution < -0.4 is 0 Å². The van der Waals surface area contributed by atoms with Gasteiger partial charge in [-0.15, -0.1) is 0 Å². The van der Waals surface area contributed by atoms with Crippen molar-refractivity contribution in [3.05, 3.63) is 35.6 Å². The van der Waals surface area contributed by atoms with Crippen LogP contribution in [0.1, 0.15) is 11.1 Å². The van der Waals surface area contributed by atoms with E-state index >= 15 is 0 Å². The van der Waals surface area contributed by atoms with Gasteiger partial charge in [-0.05, 0) is 18.6 Å². The second-order valence-corrected chi connectivity index (χ2v) is 5.59. The van der Waals surface area contributed by atoms with Crippen LogP contribution in [0.15, 0.2) is 28.9 Å². The molecule has 1 aliphatic rings. The Labute approximate surface area is 133 Å².